The van der Waals surface area contributed by atoms with Crippen LogP contribution in [0.5, 0.6) is 0 Å². The van der Waals surface area contributed by atoms with Crippen LogP contribution in [0.1, 0.15) is 34.6 Å². The number of para-hydroxylation sites is 2. The number of aromatic nitrogens is 2. The van der Waals surface area contributed by atoms with Gasteiger partial charge in [-0.1, -0.05) is 48.5 Å². The maximum Gasteiger partial charge on any atom is 0.254 e. The summed E-state index contributed by atoms with van der Waals surface area (Å²) < 4.78 is 16.1. The highest BCUT2D eigenvalue weighted by atomic mass is 19.1. The summed E-state index contributed by atoms with van der Waals surface area (Å²) in [5, 5.41) is 0. The van der Waals surface area contributed by atoms with Crippen molar-refractivity contribution in [3.8, 4) is 0 Å². The third-order valence-electron chi connectivity index (χ3n) is 5.78. The molecule has 1 heterocycles. The number of hydrogen-bond donors (Lipinski definition) is 0. The van der Waals surface area contributed by atoms with Gasteiger partial charge < -0.3 is 9.47 Å². The average Bonchev–Trinajstić information content (AvgIpc) is 3.55. The Morgan fingerprint density at radius 3 is 2.52 bits per heavy atom. The first kappa shape index (κ1) is 19.5. The van der Waals surface area contributed by atoms with Crippen LogP contribution in [0.15, 0.2) is 78.9 Å². The molecule has 0 aliphatic heterocycles. The number of fused-ring (bicyclic) bond motifs is 1. The predicted octanol–water partition coefficient (Wildman–Crippen LogP) is 5.43. The molecule has 1 saturated carbocycles. The van der Waals surface area contributed by atoms with Crippen LogP contribution in [-0.4, -0.2) is 20.4 Å². The summed E-state index contributed by atoms with van der Waals surface area (Å²) in [6.45, 7) is 1.72. The van der Waals surface area contributed by atoms with Gasteiger partial charge >= 0.3 is 0 Å². The number of halogens is 1. The van der Waals surface area contributed by atoms with Gasteiger partial charge in [-0.25, -0.2) is 9.37 Å². The number of carbonyl (C=O) groups excluding carboxylic acids is 1. The molecular weight excluding hydrogens is 389 g/mol. The highest BCUT2D eigenvalue weighted by Crippen LogP contribution is 2.33. The second-order valence-corrected chi connectivity index (χ2v) is 8.23. The van der Waals surface area contributed by atoms with E-state index in [4.69, 9.17) is 4.98 Å². The lowest BCUT2D eigenvalue weighted by molar-refractivity contribution is 0.0723. The Morgan fingerprint density at radius 1 is 0.968 bits per heavy atom. The SMILES string of the molecule is O=C(c1cccc(F)c1)N(Cc1ccccc1)Cc1nc2ccccc2n1CC1CC1. The van der Waals surface area contributed by atoms with Crippen molar-refractivity contribution >= 4 is 16.9 Å². The van der Waals surface area contributed by atoms with Gasteiger partial charge in [0.1, 0.15) is 11.6 Å². The molecule has 1 fully saturated rings. The summed E-state index contributed by atoms with van der Waals surface area (Å²) >= 11 is 0. The van der Waals surface area contributed by atoms with E-state index in [0.29, 0.717) is 24.6 Å². The third-order valence-corrected chi connectivity index (χ3v) is 5.78. The fourth-order valence-electron chi connectivity index (χ4n) is 3.99. The maximum atomic E-state index is 13.8. The first-order valence-corrected chi connectivity index (χ1v) is 10.7. The molecule has 3 aromatic carbocycles. The van der Waals surface area contributed by atoms with E-state index in [-0.39, 0.29) is 5.91 Å². The average molecular weight is 413 g/mol. The van der Waals surface area contributed by atoms with E-state index < -0.39 is 5.82 Å². The highest BCUT2D eigenvalue weighted by molar-refractivity contribution is 5.94. The minimum absolute atomic E-state index is 0.201. The van der Waals surface area contributed by atoms with E-state index in [1.807, 2.05) is 48.5 Å². The number of amides is 1. The molecule has 5 heteroatoms. The number of rotatable bonds is 7. The van der Waals surface area contributed by atoms with Gasteiger partial charge in [0.2, 0.25) is 0 Å². The molecule has 1 aliphatic rings. The zero-order valence-corrected chi connectivity index (χ0v) is 17.2. The van der Waals surface area contributed by atoms with Crippen LogP contribution in [0.4, 0.5) is 4.39 Å². The Morgan fingerprint density at radius 2 is 1.74 bits per heavy atom. The minimum Gasteiger partial charge on any atom is -0.327 e. The molecule has 4 nitrogen and oxygen atoms in total. The van der Waals surface area contributed by atoms with Crippen LogP contribution < -0.4 is 0 Å². The van der Waals surface area contributed by atoms with Crippen LogP contribution >= 0.6 is 0 Å². The summed E-state index contributed by atoms with van der Waals surface area (Å²) in [6.07, 6.45) is 2.48. The van der Waals surface area contributed by atoms with Crippen molar-refractivity contribution in [3.05, 3.63) is 102 Å². The summed E-state index contributed by atoms with van der Waals surface area (Å²) in [4.78, 5) is 20.0. The Balaban J connectivity index is 1.51. The Kier molecular flexibility index (Phi) is 5.24. The van der Waals surface area contributed by atoms with Gasteiger partial charge in [-0.15, -0.1) is 0 Å². The topological polar surface area (TPSA) is 38.1 Å². The zero-order chi connectivity index (χ0) is 21.2. The largest absolute Gasteiger partial charge is 0.327 e. The molecule has 156 valence electrons. The normalized spacial score (nSPS) is 13.5. The van der Waals surface area contributed by atoms with Gasteiger partial charge in [-0.3, -0.25) is 4.79 Å². The van der Waals surface area contributed by atoms with Crippen LogP contribution in [0, 0.1) is 11.7 Å². The quantitative estimate of drug-likeness (QED) is 0.405. The number of benzene rings is 3. The molecule has 1 aliphatic carbocycles. The van der Waals surface area contributed by atoms with E-state index in [2.05, 4.69) is 10.6 Å². The molecular formula is C26H24FN3O. The first-order valence-electron chi connectivity index (χ1n) is 10.7. The predicted molar refractivity (Wildman–Crippen MR) is 119 cm³/mol. The van der Waals surface area contributed by atoms with E-state index >= 15 is 0 Å². The molecule has 0 saturated heterocycles. The molecule has 0 atom stereocenters. The van der Waals surface area contributed by atoms with Crippen molar-refractivity contribution in [1.29, 1.82) is 0 Å². The fraction of sp³-hybridized carbons (Fsp3) is 0.231. The number of hydrogen-bond acceptors (Lipinski definition) is 2. The molecule has 4 aromatic rings. The lowest BCUT2D eigenvalue weighted by Gasteiger charge is -2.23. The Hall–Kier alpha value is -3.47. The molecule has 0 spiro atoms. The van der Waals surface area contributed by atoms with Crippen molar-refractivity contribution < 1.29 is 9.18 Å². The fourth-order valence-corrected chi connectivity index (χ4v) is 3.99. The number of imidazole rings is 1. The van der Waals surface area contributed by atoms with E-state index in [0.717, 1.165) is 29.0 Å². The van der Waals surface area contributed by atoms with E-state index in [9.17, 15) is 9.18 Å². The van der Waals surface area contributed by atoms with Gasteiger partial charge in [0, 0.05) is 18.7 Å². The lowest BCUT2D eigenvalue weighted by atomic mass is 10.1. The van der Waals surface area contributed by atoms with Gasteiger partial charge in [0.15, 0.2) is 0 Å². The monoisotopic (exact) mass is 413 g/mol. The minimum atomic E-state index is -0.411. The first-order chi connectivity index (χ1) is 15.2. The van der Waals surface area contributed by atoms with Crippen LogP contribution in [0.3, 0.4) is 0 Å². The van der Waals surface area contributed by atoms with Crippen LogP contribution in [-0.2, 0) is 19.6 Å². The second-order valence-electron chi connectivity index (χ2n) is 8.23. The second kappa shape index (κ2) is 8.34. The summed E-state index contributed by atoms with van der Waals surface area (Å²) in [7, 11) is 0. The summed E-state index contributed by atoms with van der Waals surface area (Å²) in [5.74, 6) is 0.937. The molecule has 0 bridgehead atoms. The molecule has 1 amide bonds. The molecule has 0 radical (unpaired) electrons. The van der Waals surface area contributed by atoms with Crippen molar-refractivity contribution in [2.75, 3.05) is 0 Å². The molecule has 0 unspecified atom stereocenters. The maximum absolute atomic E-state index is 13.8. The standard InChI is InChI=1S/C26H24FN3O/c27-22-10-6-9-21(15-22)26(31)29(16-19-7-2-1-3-8-19)18-25-28-23-11-4-5-12-24(23)30(25)17-20-13-14-20/h1-12,15,20H,13-14,16-18H2. The highest BCUT2D eigenvalue weighted by Gasteiger charge is 2.26. The Labute approximate surface area is 181 Å². The van der Waals surface area contributed by atoms with Crippen molar-refractivity contribution in [2.24, 2.45) is 5.92 Å². The lowest BCUT2D eigenvalue weighted by Crippen LogP contribution is -2.31. The smallest absolute Gasteiger partial charge is 0.254 e. The molecule has 5 rings (SSSR count). The van der Waals surface area contributed by atoms with E-state index in [1.165, 1.54) is 25.0 Å². The van der Waals surface area contributed by atoms with Gasteiger partial charge in [0.25, 0.3) is 5.91 Å². The van der Waals surface area contributed by atoms with Gasteiger partial charge in [-0.05, 0) is 54.7 Å². The number of carbonyl (C=O) groups is 1. The van der Waals surface area contributed by atoms with Crippen molar-refractivity contribution in [3.63, 3.8) is 0 Å². The molecule has 1 aromatic heterocycles. The molecule has 31 heavy (non-hydrogen) atoms. The van der Waals surface area contributed by atoms with Crippen molar-refractivity contribution in [1.82, 2.24) is 14.5 Å². The third kappa shape index (κ3) is 4.36. The number of nitrogens with zero attached hydrogens (tertiary/aromatic N) is 3. The Bertz CT molecular complexity index is 1210. The van der Waals surface area contributed by atoms with Crippen molar-refractivity contribution in [2.45, 2.75) is 32.5 Å². The van der Waals surface area contributed by atoms with Crippen LogP contribution in [0.2, 0.25) is 0 Å². The summed E-state index contributed by atoms with van der Waals surface area (Å²) in [6, 6.07) is 23.9. The summed E-state index contributed by atoms with van der Waals surface area (Å²) in [5.41, 5.74) is 3.41. The molecule has 0 N–H and O–H groups in total. The van der Waals surface area contributed by atoms with E-state index in [1.54, 1.807) is 17.0 Å². The van der Waals surface area contributed by atoms with Gasteiger partial charge in [-0.2, -0.15) is 0 Å². The zero-order valence-electron chi connectivity index (χ0n) is 17.2. The van der Waals surface area contributed by atoms with Crippen LogP contribution in [0.25, 0.3) is 11.0 Å². The van der Waals surface area contributed by atoms with Gasteiger partial charge in [0.05, 0.1) is 17.6 Å².